The first kappa shape index (κ1) is 9.29. The molecule has 0 saturated carbocycles. The summed E-state index contributed by atoms with van der Waals surface area (Å²) in [6.45, 7) is 2.03. The second kappa shape index (κ2) is 3.28. The van der Waals surface area contributed by atoms with Crippen LogP contribution < -0.4 is 4.69 Å². The molecule has 0 spiro atoms. The molecule has 0 aliphatic rings. The van der Waals surface area contributed by atoms with Gasteiger partial charge in [0.2, 0.25) is 16.3 Å². The van der Waals surface area contributed by atoms with Gasteiger partial charge in [-0.2, -0.15) is 0 Å². The minimum atomic E-state index is 0.767. The van der Waals surface area contributed by atoms with E-state index in [1.54, 1.807) is 11.3 Å². The Balaban J connectivity index is 2.61. The second-order valence-corrected chi connectivity index (χ2v) is 5.01. The lowest BCUT2D eigenvalue weighted by Crippen LogP contribution is -2.13. The second-order valence-electron chi connectivity index (χ2n) is 3.44. The van der Waals surface area contributed by atoms with Crippen LogP contribution in [0.2, 0.25) is 0 Å². The van der Waals surface area contributed by atoms with E-state index in [0.29, 0.717) is 0 Å². The molecule has 2 nitrogen and oxygen atoms in total. The van der Waals surface area contributed by atoms with E-state index < -0.39 is 0 Å². The highest BCUT2D eigenvalue weighted by molar-refractivity contribution is 7.25. The molecule has 0 saturated heterocycles. The average Bonchev–Trinajstić information content (AvgIpc) is 2.57. The molecule has 3 rings (SSSR count). The molecule has 0 N–H and O–H groups in total. The highest BCUT2D eigenvalue weighted by Gasteiger charge is 2.08. The van der Waals surface area contributed by atoms with Gasteiger partial charge in [0.15, 0.2) is 0 Å². The Labute approximate surface area is 99.4 Å². The van der Waals surface area contributed by atoms with E-state index in [2.05, 4.69) is 50.5 Å². The number of rotatable bonds is 0. The molecule has 0 atom stereocenters. The molecule has 0 fully saturated rings. The van der Waals surface area contributed by atoms with Gasteiger partial charge < -0.3 is 0 Å². The first-order valence-corrected chi connectivity index (χ1v) is 6.06. The number of hydrogen-bond acceptors (Lipinski definition) is 3. The van der Waals surface area contributed by atoms with Crippen LogP contribution in [0.4, 0.5) is 0 Å². The number of aryl methyl sites for hydroxylation is 1. The molecule has 2 radical (unpaired) electrons. The van der Waals surface area contributed by atoms with Crippen LogP contribution in [0.5, 0.6) is 0 Å². The van der Waals surface area contributed by atoms with Crippen LogP contribution in [0.1, 0.15) is 5.69 Å². The van der Waals surface area contributed by atoms with Gasteiger partial charge in [-0.25, -0.2) is 0 Å². The SMILES string of the molecule is Cc1n[c]([Al])nc2c1sc1ccccc12. The molecule has 4 heteroatoms. The summed E-state index contributed by atoms with van der Waals surface area (Å²) >= 11 is 4.33. The van der Waals surface area contributed by atoms with Gasteiger partial charge in [0, 0.05) is 14.8 Å². The van der Waals surface area contributed by atoms with Crippen LogP contribution in [-0.4, -0.2) is 26.3 Å². The number of hydrogen-bond donors (Lipinski definition) is 0. The third-order valence-corrected chi connectivity index (χ3v) is 3.93. The maximum atomic E-state index is 4.49. The van der Waals surface area contributed by atoms with Crippen molar-refractivity contribution >= 4 is 52.6 Å². The van der Waals surface area contributed by atoms with Crippen molar-refractivity contribution in [3.63, 3.8) is 0 Å². The molecule has 0 amide bonds. The molecule has 2 heterocycles. The van der Waals surface area contributed by atoms with Crippen molar-refractivity contribution in [2.75, 3.05) is 0 Å². The summed E-state index contributed by atoms with van der Waals surface area (Å²) in [7, 11) is 0. The van der Waals surface area contributed by atoms with E-state index in [-0.39, 0.29) is 0 Å². The Bertz CT molecular complexity index is 660. The lowest BCUT2D eigenvalue weighted by molar-refractivity contribution is 1.22. The van der Waals surface area contributed by atoms with Gasteiger partial charge in [0.05, 0.1) is 15.9 Å². The summed E-state index contributed by atoms with van der Waals surface area (Å²) in [4.78, 5) is 8.85. The van der Waals surface area contributed by atoms with Gasteiger partial charge >= 0.3 is 0 Å². The van der Waals surface area contributed by atoms with Gasteiger partial charge in [-0.3, -0.25) is 9.97 Å². The summed E-state index contributed by atoms with van der Waals surface area (Å²) in [5.74, 6) is 0. The minimum Gasteiger partial charge on any atom is -0.259 e. The first-order chi connectivity index (χ1) is 7.25. The zero-order chi connectivity index (χ0) is 10.4. The van der Waals surface area contributed by atoms with Gasteiger partial charge in [0.1, 0.15) is 0 Å². The topological polar surface area (TPSA) is 25.8 Å². The monoisotopic (exact) mass is 226 g/mol. The minimum absolute atomic E-state index is 0.767. The normalized spacial score (nSPS) is 11.3. The van der Waals surface area contributed by atoms with Gasteiger partial charge in [0.25, 0.3) is 0 Å². The molecule has 1 aromatic carbocycles. The fraction of sp³-hybridized carbons (Fsp3) is 0.0909. The van der Waals surface area contributed by atoms with Gasteiger partial charge in [-0.15, -0.1) is 11.3 Å². The maximum absolute atomic E-state index is 4.49. The standard InChI is InChI=1S/C11H7N2S.Al/c1-7-11-10(13-6-12-7)8-4-2-3-5-9(8)14-11;/h2-5H,1H3;. The van der Waals surface area contributed by atoms with Crippen LogP contribution in [0.3, 0.4) is 0 Å². The van der Waals surface area contributed by atoms with E-state index in [0.717, 1.165) is 15.9 Å². The number of nitrogens with zero attached hydrogens (tertiary/aromatic N) is 2. The molecule has 0 aliphatic heterocycles. The Hall–Kier alpha value is -0.948. The van der Waals surface area contributed by atoms with E-state index in [1.165, 1.54) is 14.8 Å². The summed E-state index contributed by atoms with van der Waals surface area (Å²) in [6, 6.07) is 8.35. The number of fused-ring (bicyclic) bond motifs is 3. The largest absolute Gasteiger partial charge is 0.259 e. The third-order valence-electron chi connectivity index (χ3n) is 2.41. The van der Waals surface area contributed by atoms with Crippen molar-refractivity contribution in [3.05, 3.63) is 30.0 Å². The molecule has 0 unspecified atom stereocenters. The van der Waals surface area contributed by atoms with Crippen molar-refractivity contribution in [1.82, 2.24) is 9.97 Å². The fourth-order valence-corrected chi connectivity index (χ4v) is 3.16. The maximum Gasteiger partial charge on any atom is 0.244 e. The molecular weight excluding hydrogens is 219 g/mol. The van der Waals surface area contributed by atoms with E-state index in [1.807, 2.05) is 6.92 Å². The lowest BCUT2D eigenvalue weighted by Gasteiger charge is -1.97. The molecular formula is C11H7AlN2S. The van der Waals surface area contributed by atoms with Crippen molar-refractivity contribution in [2.24, 2.45) is 0 Å². The highest BCUT2D eigenvalue weighted by Crippen LogP contribution is 2.32. The molecule has 0 aliphatic carbocycles. The van der Waals surface area contributed by atoms with Crippen LogP contribution in [-0.2, 0) is 0 Å². The zero-order valence-corrected chi connectivity index (χ0v) is 10.2. The summed E-state index contributed by atoms with van der Waals surface area (Å²) in [5, 5.41) is 1.23. The van der Waals surface area contributed by atoms with Gasteiger partial charge in [-0.1, -0.05) is 18.2 Å². The zero-order valence-electron chi connectivity index (χ0n) is 8.19. The highest BCUT2D eigenvalue weighted by atomic mass is 32.1. The third kappa shape index (κ3) is 1.38. The van der Waals surface area contributed by atoms with Gasteiger partial charge in [-0.05, 0) is 13.0 Å². The quantitative estimate of drug-likeness (QED) is 0.547. The number of benzene rings is 1. The van der Waals surface area contributed by atoms with Crippen LogP contribution in [0, 0.1) is 6.92 Å². The van der Waals surface area contributed by atoms with E-state index in [4.69, 9.17) is 0 Å². The fourth-order valence-electron chi connectivity index (χ4n) is 1.75. The summed E-state index contributed by atoms with van der Waals surface area (Å²) in [5.41, 5.74) is 2.14. The molecule has 70 valence electrons. The molecule has 3 aromatic rings. The first-order valence-electron chi connectivity index (χ1n) is 4.67. The lowest BCUT2D eigenvalue weighted by atomic mass is 10.2. The van der Waals surface area contributed by atoms with Crippen LogP contribution >= 0.6 is 11.3 Å². The van der Waals surface area contributed by atoms with Crippen LogP contribution in [0.15, 0.2) is 24.3 Å². The Kier molecular flexibility index (Phi) is 2.03. The van der Waals surface area contributed by atoms with Crippen LogP contribution in [0.25, 0.3) is 20.3 Å². The number of aromatic nitrogens is 2. The van der Waals surface area contributed by atoms with E-state index >= 15 is 0 Å². The van der Waals surface area contributed by atoms with Crippen molar-refractivity contribution in [2.45, 2.75) is 6.92 Å². The number of thiophene rings is 1. The summed E-state index contributed by atoms with van der Waals surface area (Å²) < 4.78 is 3.24. The Morgan fingerprint density at radius 3 is 2.87 bits per heavy atom. The summed E-state index contributed by atoms with van der Waals surface area (Å²) in [6.07, 6.45) is 0. The van der Waals surface area contributed by atoms with Crippen molar-refractivity contribution < 1.29 is 0 Å². The molecule has 0 bridgehead atoms. The molecule has 15 heavy (non-hydrogen) atoms. The molecule has 2 aromatic heterocycles. The predicted molar refractivity (Wildman–Crippen MR) is 65.0 cm³/mol. The Morgan fingerprint density at radius 2 is 2.00 bits per heavy atom. The smallest absolute Gasteiger partial charge is 0.244 e. The average molecular weight is 226 g/mol. The van der Waals surface area contributed by atoms with Crippen molar-refractivity contribution in [1.29, 1.82) is 0 Å². The van der Waals surface area contributed by atoms with E-state index in [9.17, 15) is 0 Å². The Morgan fingerprint density at radius 1 is 1.20 bits per heavy atom. The van der Waals surface area contributed by atoms with Crippen molar-refractivity contribution in [3.8, 4) is 0 Å². The predicted octanol–water partition coefficient (Wildman–Crippen LogP) is 1.95.